The van der Waals surface area contributed by atoms with E-state index in [1.165, 1.54) is 25.7 Å². The molecular formula is C19H33N3O2. The van der Waals surface area contributed by atoms with Gasteiger partial charge in [-0.3, -0.25) is 14.5 Å². The Hall–Kier alpha value is -1.10. The number of hydrogen-bond donors (Lipinski definition) is 0. The summed E-state index contributed by atoms with van der Waals surface area (Å²) in [4.78, 5) is 31.8. The zero-order valence-corrected chi connectivity index (χ0v) is 15.4. The number of piperazine rings is 1. The number of likely N-dealkylation sites (N-methyl/N-ethyl adjacent to an activating group) is 1. The summed E-state index contributed by atoms with van der Waals surface area (Å²) in [5.74, 6) is 1.47. The number of carbonyl (C=O) groups excluding carboxylic acids is 2. The van der Waals surface area contributed by atoms with Gasteiger partial charge in [0, 0.05) is 45.2 Å². The summed E-state index contributed by atoms with van der Waals surface area (Å²) in [7, 11) is 0. The van der Waals surface area contributed by atoms with Crippen molar-refractivity contribution in [3.05, 3.63) is 0 Å². The second-order valence-corrected chi connectivity index (χ2v) is 7.64. The minimum absolute atomic E-state index is 0.0329. The fourth-order valence-electron chi connectivity index (χ4n) is 4.46. The maximum absolute atomic E-state index is 13.1. The lowest BCUT2D eigenvalue weighted by Crippen LogP contribution is -2.58. The molecule has 0 aromatic heterocycles. The number of hydrogen-bond acceptors (Lipinski definition) is 3. The first-order valence-corrected chi connectivity index (χ1v) is 9.97. The maximum atomic E-state index is 13.1. The van der Waals surface area contributed by atoms with E-state index in [0.717, 1.165) is 52.1 Å². The van der Waals surface area contributed by atoms with Crippen molar-refractivity contribution in [2.24, 2.45) is 11.8 Å². The quantitative estimate of drug-likeness (QED) is 0.745. The van der Waals surface area contributed by atoms with Crippen molar-refractivity contribution in [1.29, 1.82) is 0 Å². The van der Waals surface area contributed by atoms with Crippen molar-refractivity contribution in [2.45, 2.75) is 58.4 Å². The minimum atomic E-state index is 0.0329. The first kappa shape index (κ1) is 17.7. The van der Waals surface area contributed by atoms with Crippen LogP contribution in [0.3, 0.4) is 0 Å². The van der Waals surface area contributed by atoms with Gasteiger partial charge >= 0.3 is 0 Å². The van der Waals surface area contributed by atoms with Gasteiger partial charge in [-0.05, 0) is 45.4 Å². The van der Waals surface area contributed by atoms with Crippen molar-refractivity contribution in [3.63, 3.8) is 0 Å². The van der Waals surface area contributed by atoms with Crippen LogP contribution in [0.25, 0.3) is 0 Å². The van der Waals surface area contributed by atoms with Crippen molar-refractivity contribution in [1.82, 2.24) is 14.7 Å². The Labute approximate surface area is 146 Å². The molecule has 0 spiro atoms. The molecule has 136 valence electrons. The second-order valence-electron chi connectivity index (χ2n) is 7.64. The van der Waals surface area contributed by atoms with E-state index in [1.807, 2.05) is 9.80 Å². The Morgan fingerprint density at radius 2 is 1.54 bits per heavy atom. The van der Waals surface area contributed by atoms with E-state index in [1.54, 1.807) is 0 Å². The van der Waals surface area contributed by atoms with Gasteiger partial charge in [0.1, 0.15) is 0 Å². The van der Waals surface area contributed by atoms with Gasteiger partial charge in [-0.25, -0.2) is 0 Å². The largest absolute Gasteiger partial charge is 0.342 e. The zero-order valence-electron chi connectivity index (χ0n) is 15.4. The Balaban J connectivity index is 1.65. The summed E-state index contributed by atoms with van der Waals surface area (Å²) >= 11 is 0. The van der Waals surface area contributed by atoms with Crippen LogP contribution in [0, 0.1) is 11.8 Å². The van der Waals surface area contributed by atoms with Crippen molar-refractivity contribution >= 4 is 11.8 Å². The number of rotatable bonds is 6. The first-order chi connectivity index (χ1) is 11.7. The van der Waals surface area contributed by atoms with E-state index in [4.69, 9.17) is 0 Å². The molecule has 0 aromatic carbocycles. The summed E-state index contributed by atoms with van der Waals surface area (Å²) in [6, 6.07) is 0.0329. The van der Waals surface area contributed by atoms with E-state index in [-0.39, 0.29) is 6.04 Å². The molecule has 3 rings (SSSR count). The van der Waals surface area contributed by atoms with Crippen molar-refractivity contribution < 1.29 is 9.59 Å². The summed E-state index contributed by atoms with van der Waals surface area (Å²) < 4.78 is 0. The van der Waals surface area contributed by atoms with E-state index in [2.05, 4.69) is 18.7 Å². The molecule has 0 radical (unpaired) electrons. The van der Waals surface area contributed by atoms with Crippen LogP contribution >= 0.6 is 0 Å². The van der Waals surface area contributed by atoms with Crippen LogP contribution in [-0.4, -0.2) is 71.8 Å². The van der Waals surface area contributed by atoms with Crippen LogP contribution in [0.2, 0.25) is 0 Å². The van der Waals surface area contributed by atoms with Crippen LogP contribution in [-0.2, 0) is 9.59 Å². The molecule has 5 heteroatoms. The van der Waals surface area contributed by atoms with Crippen molar-refractivity contribution in [3.8, 4) is 0 Å². The van der Waals surface area contributed by atoms with Crippen LogP contribution < -0.4 is 0 Å². The van der Waals surface area contributed by atoms with Crippen molar-refractivity contribution in [2.75, 3.05) is 39.3 Å². The third kappa shape index (κ3) is 3.76. The van der Waals surface area contributed by atoms with E-state index in [0.29, 0.717) is 23.7 Å². The molecular weight excluding hydrogens is 302 g/mol. The molecule has 0 aromatic rings. The second kappa shape index (κ2) is 7.85. The van der Waals surface area contributed by atoms with Crippen LogP contribution in [0.15, 0.2) is 0 Å². The molecule has 2 aliphatic carbocycles. The van der Waals surface area contributed by atoms with Gasteiger partial charge in [0.25, 0.3) is 0 Å². The van der Waals surface area contributed by atoms with Gasteiger partial charge in [-0.1, -0.05) is 12.8 Å². The average Bonchev–Trinajstić information content (AvgIpc) is 3.33. The lowest BCUT2D eigenvalue weighted by Gasteiger charge is -2.42. The van der Waals surface area contributed by atoms with Gasteiger partial charge < -0.3 is 9.80 Å². The number of nitrogens with zero attached hydrogens (tertiary/aromatic N) is 3. The molecule has 1 aliphatic heterocycles. The van der Waals surface area contributed by atoms with Gasteiger partial charge in [-0.2, -0.15) is 0 Å². The SMILES string of the molecule is CCN(CC)C(=O)C(C1CCCC1)N1CCN(C(=O)C2CC2)CC1. The Kier molecular flexibility index (Phi) is 5.80. The highest BCUT2D eigenvalue weighted by Crippen LogP contribution is 2.33. The van der Waals surface area contributed by atoms with E-state index >= 15 is 0 Å². The topological polar surface area (TPSA) is 43.9 Å². The lowest BCUT2D eigenvalue weighted by molar-refractivity contribution is -0.141. The van der Waals surface area contributed by atoms with E-state index < -0.39 is 0 Å². The molecule has 2 amide bonds. The molecule has 0 bridgehead atoms. The van der Waals surface area contributed by atoms with Gasteiger partial charge in [0.15, 0.2) is 0 Å². The average molecular weight is 335 g/mol. The fourth-order valence-corrected chi connectivity index (χ4v) is 4.46. The normalized spacial score (nSPS) is 24.2. The summed E-state index contributed by atoms with van der Waals surface area (Å²) in [6.45, 7) is 9.02. The molecule has 5 nitrogen and oxygen atoms in total. The molecule has 24 heavy (non-hydrogen) atoms. The van der Waals surface area contributed by atoms with Crippen LogP contribution in [0.1, 0.15) is 52.4 Å². The predicted octanol–water partition coefficient (Wildman–Crippen LogP) is 1.97. The smallest absolute Gasteiger partial charge is 0.240 e. The van der Waals surface area contributed by atoms with Crippen LogP contribution in [0.5, 0.6) is 0 Å². The molecule has 3 fully saturated rings. The van der Waals surface area contributed by atoms with Gasteiger partial charge in [0.05, 0.1) is 6.04 Å². The molecule has 0 N–H and O–H groups in total. The first-order valence-electron chi connectivity index (χ1n) is 9.97. The highest BCUT2D eigenvalue weighted by Gasteiger charge is 2.40. The highest BCUT2D eigenvalue weighted by atomic mass is 16.2. The molecule has 1 unspecified atom stereocenters. The number of amides is 2. The highest BCUT2D eigenvalue weighted by molar-refractivity contribution is 5.83. The Bertz CT molecular complexity index is 446. The summed E-state index contributed by atoms with van der Waals surface area (Å²) in [5, 5.41) is 0. The Morgan fingerprint density at radius 3 is 2.04 bits per heavy atom. The van der Waals surface area contributed by atoms with Gasteiger partial charge in [0.2, 0.25) is 11.8 Å². The van der Waals surface area contributed by atoms with Crippen LogP contribution in [0.4, 0.5) is 0 Å². The third-order valence-corrected chi connectivity index (χ3v) is 6.12. The molecule has 1 saturated heterocycles. The molecule has 2 saturated carbocycles. The molecule has 1 atom stereocenters. The third-order valence-electron chi connectivity index (χ3n) is 6.12. The molecule has 3 aliphatic rings. The lowest BCUT2D eigenvalue weighted by atomic mass is 9.94. The summed E-state index contributed by atoms with van der Waals surface area (Å²) in [5.41, 5.74) is 0. The fraction of sp³-hybridized carbons (Fsp3) is 0.895. The Morgan fingerprint density at radius 1 is 0.958 bits per heavy atom. The maximum Gasteiger partial charge on any atom is 0.240 e. The van der Waals surface area contributed by atoms with Gasteiger partial charge in [-0.15, -0.1) is 0 Å². The molecule has 1 heterocycles. The minimum Gasteiger partial charge on any atom is -0.342 e. The monoisotopic (exact) mass is 335 g/mol. The van der Waals surface area contributed by atoms with E-state index in [9.17, 15) is 9.59 Å². The predicted molar refractivity (Wildman–Crippen MR) is 94.6 cm³/mol. The summed E-state index contributed by atoms with van der Waals surface area (Å²) in [6.07, 6.45) is 7.02. The zero-order chi connectivity index (χ0) is 17.1. The standard InChI is InChI=1S/C19H33N3O2/c1-3-20(4-2)19(24)17(15-7-5-6-8-15)21-11-13-22(14-12-21)18(23)16-9-10-16/h15-17H,3-14H2,1-2H3. The number of carbonyl (C=O) groups is 2.